The molecule has 15 heavy (non-hydrogen) atoms. The fourth-order valence-electron chi connectivity index (χ4n) is 0.973. The average Bonchev–Trinajstić information content (AvgIpc) is 2.15. The molecular formula is C9H10ClNO3S. The van der Waals surface area contributed by atoms with Crippen LogP contribution in [0.3, 0.4) is 0 Å². The van der Waals surface area contributed by atoms with Crippen LogP contribution in [0, 0.1) is 0 Å². The molecule has 0 spiro atoms. The number of benzene rings is 1. The van der Waals surface area contributed by atoms with E-state index >= 15 is 0 Å². The highest BCUT2D eigenvalue weighted by atomic mass is 35.5. The van der Waals surface area contributed by atoms with Crippen LogP contribution < -0.4 is 5.73 Å². The van der Waals surface area contributed by atoms with Crippen LogP contribution in [0.15, 0.2) is 24.3 Å². The van der Waals surface area contributed by atoms with Crippen molar-refractivity contribution in [1.29, 1.82) is 0 Å². The second kappa shape index (κ2) is 4.20. The van der Waals surface area contributed by atoms with E-state index in [1.165, 1.54) is 24.3 Å². The van der Waals surface area contributed by atoms with Crippen molar-refractivity contribution in [2.24, 2.45) is 0 Å². The van der Waals surface area contributed by atoms with E-state index < -0.39 is 20.3 Å². The lowest BCUT2D eigenvalue weighted by Gasteiger charge is -2.06. The van der Waals surface area contributed by atoms with Gasteiger partial charge in [-0.1, -0.05) is 11.6 Å². The summed E-state index contributed by atoms with van der Waals surface area (Å²) in [6.07, 6.45) is 0.917. The minimum atomic E-state index is -3.58. The molecular weight excluding hydrogens is 238 g/mol. The van der Waals surface area contributed by atoms with Gasteiger partial charge in [-0.2, -0.15) is 0 Å². The molecule has 6 heteroatoms. The summed E-state index contributed by atoms with van der Waals surface area (Å²) in [7, 11) is -3.58. The molecule has 1 atom stereocenters. The molecule has 1 rings (SSSR count). The number of hydrogen-bond acceptors (Lipinski definition) is 4. The van der Waals surface area contributed by atoms with Crippen molar-refractivity contribution >= 4 is 32.9 Å². The third-order valence-corrected chi connectivity index (χ3v) is 3.91. The zero-order valence-electron chi connectivity index (χ0n) is 7.98. The number of carbonyl (C=O) groups is 1. The second-order valence-electron chi connectivity index (χ2n) is 3.13. The number of ketones is 1. The lowest BCUT2D eigenvalue weighted by Crippen LogP contribution is -2.23. The van der Waals surface area contributed by atoms with Gasteiger partial charge < -0.3 is 5.73 Å². The maximum atomic E-state index is 11.6. The van der Waals surface area contributed by atoms with Gasteiger partial charge in [0.15, 0.2) is 20.3 Å². The molecule has 0 aliphatic rings. The molecule has 82 valence electrons. The van der Waals surface area contributed by atoms with Crippen LogP contribution in [0.25, 0.3) is 0 Å². The van der Waals surface area contributed by atoms with Crippen molar-refractivity contribution < 1.29 is 13.2 Å². The summed E-state index contributed by atoms with van der Waals surface area (Å²) in [4.78, 5) is 11.6. The van der Waals surface area contributed by atoms with E-state index in [4.69, 9.17) is 17.3 Å². The molecule has 0 saturated heterocycles. The molecule has 0 amide bonds. The van der Waals surface area contributed by atoms with Crippen molar-refractivity contribution in [2.75, 3.05) is 12.0 Å². The number of nitrogens with two attached hydrogens (primary N) is 1. The van der Waals surface area contributed by atoms with Crippen LogP contribution in [-0.2, 0) is 9.84 Å². The Morgan fingerprint density at radius 1 is 1.33 bits per heavy atom. The number of hydrogen-bond donors (Lipinski definition) is 1. The van der Waals surface area contributed by atoms with Gasteiger partial charge >= 0.3 is 0 Å². The number of Topliss-reactive ketones (excluding diaryl/α,β-unsaturated/α-hetero) is 1. The van der Waals surface area contributed by atoms with Gasteiger partial charge in [0.2, 0.25) is 0 Å². The van der Waals surface area contributed by atoms with Gasteiger partial charge in [-0.25, -0.2) is 8.42 Å². The van der Waals surface area contributed by atoms with E-state index in [2.05, 4.69) is 0 Å². The Balaban J connectivity index is 3.01. The first-order chi connectivity index (χ1) is 6.82. The summed E-state index contributed by atoms with van der Waals surface area (Å²) in [6, 6.07) is 5.91. The Bertz CT molecular complexity index is 467. The van der Waals surface area contributed by atoms with E-state index in [1.54, 1.807) is 0 Å². The minimum Gasteiger partial charge on any atom is -0.399 e. The maximum Gasteiger partial charge on any atom is 0.197 e. The van der Waals surface area contributed by atoms with E-state index in [-0.39, 0.29) is 5.56 Å². The largest absolute Gasteiger partial charge is 0.399 e. The van der Waals surface area contributed by atoms with E-state index in [1.807, 2.05) is 0 Å². The van der Waals surface area contributed by atoms with Gasteiger partial charge in [0, 0.05) is 17.5 Å². The summed E-state index contributed by atoms with van der Waals surface area (Å²) in [6.45, 7) is 0. The third-order valence-electron chi connectivity index (χ3n) is 1.78. The van der Waals surface area contributed by atoms with Crippen molar-refractivity contribution in [3.63, 3.8) is 0 Å². The molecule has 4 nitrogen and oxygen atoms in total. The van der Waals surface area contributed by atoms with Gasteiger partial charge in [-0.05, 0) is 24.3 Å². The molecule has 1 aromatic rings. The molecule has 1 aromatic carbocycles. The topological polar surface area (TPSA) is 77.2 Å². The molecule has 0 fully saturated rings. The van der Waals surface area contributed by atoms with Crippen LogP contribution >= 0.6 is 11.6 Å². The first kappa shape index (κ1) is 12.0. The number of rotatable bonds is 3. The molecule has 0 heterocycles. The Kier molecular flexibility index (Phi) is 3.36. The summed E-state index contributed by atoms with van der Waals surface area (Å²) in [5.74, 6) is -0.640. The summed E-state index contributed by atoms with van der Waals surface area (Å²) in [5, 5.41) is 0. The maximum absolute atomic E-state index is 11.6. The normalized spacial score (nSPS) is 13.5. The smallest absolute Gasteiger partial charge is 0.197 e. The SMILES string of the molecule is CS(=O)(=O)[C@@H](Cl)C(=O)c1ccc(N)cc1. The quantitative estimate of drug-likeness (QED) is 0.492. The lowest BCUT2D eigenvalue weighted by atomic mass is 10.1. The van der Waals surface area contributed by atoms with Crippen molar-refractivity contribution in [3.8, 4) is 0 Å². The molecule has 0 bridgehead atoms. The Hall–Kier alpha value is -1.07. The lowest BCUT2D eigenvalue weighted by molar-refractivity contribution is 0.101. The summed E-state index contributed by atoms with van der Waals surface area (Å²) in [5.41, 5.74) is 6.15. The number of nitrogen functional groups attached to an aromatic ring is 1. The summed E-state index contributed by atoms with van der Waals surface area (Å²) < 4.78 is 20.5. The predicted octanol–water partition coefficient (Wildman–Crippen LogP) is 1.06. The fraction of sp³-hybridized carbons (Fsp3) is 0.222. The average molecular weight is 248 g/mol. The number of anilines is 1. The van der Waals surface area contributed by atoms with Crippen LogP contribution in [0.1, 0.15) is 10.4 Å². The zero-order valence-corrected chi connectivity index (χ0v) is 9.55. The highest BCUT2D eigenvalue weighted by Crippen LogP contribution is 2.14. The van der Waals surface area contributed by atoms with E-state index in [9.17, 15) is 13.2 Å². The van der Waals surface area contributed by atoms with Crippen LogP contribution in [0.2, 0.25) is 0 Å². The van der Waals surface area contributed by atoms with Crippen molar-refractivity contribution in [2.45, 2.75) is 4.71 Å². The molecule has 0 aliphatic heterocycles. The van der Waals surface area contributed by atoms with Gasteiger partial charge in [-0.15, -0.1) is 0 Å². The first-order valence-electron chi connectivity index (χ1n) is 4.05. The number of alkyl halides is 1. The third kappa shape index (κ3) is 2.94. The fourth-order valence-corrected chi connectivity index (χ4v) is 1.62. The molecule has 0 saturated carbocycles. The Morgan fingerprint density at radius 2 is 1.80 bits per heavy atom. The van der Waals surface area contributed by atoms with Gasteiger partial charge in [0.1, 0.15) is 0 Å². The van der Waals surface area contributed by atoms with Crippen LogP contribution in [0.5, 0.6) is 0 Å². The Morgan fingerprint density at radius 3 is 2.20 bits per heavy atom. The standard InChI is InChI=1S/C9H10ClNO3S/c1-15(13,14)9(10)8(12)6-2-4-7(11)5-3-6/h2-5,9H,11H2,1H3/t9-/m1/s1. The number of sulfone groups is 1. The monoisotopic (exact) mass is 247 g/mol. The van der Waals surface area contributed by atoms with E-state index in [0.29, 0.717) is 5.69 Å². The highest BCUT2D eigenvalue weighted by Gasteiger charge is 2.26. The molecule has 0 radical (unpaired) electrons. The highest BCUT2D eigenvalue weighted by molar-refractivity contribution is 7.93. The Labute approximate surface area is 93.0 Å². The zero-order chi connectivity index (χ0) is 11.6. The predicted molar refractivity (Wildman–Crippen MR) is 59.7 cm³/mol. The molecule has 0 aromatic heterocycles. The number of carbonyl (C=O) groups excluding carboxylic acids is 1. The van der Waals surface area contributed by atoms with Crippen molar-refractivity contribution in [1.82, 2.24) is 0 Å². The van der Waals surface area contributed by atoms with Gasteiger partial charge in [-0.3, -0.25) is 4.79 Å². The van der Waals surface area contributed by atoms with Crippen molar-refractivity contribution in [3.05, 3.63) is 29.8 Å². The molecule has 0 aliphatic carbocycles. The van der Waals surface area contributed by atoms with Gasteiger partial charge in [0.25, 0.3) is 0 Å². The minimum absolute atomic E-state index is 0.231. The van der Waals surface area contributed by atoms with Crippen LogP contribution in [0.4, 0.5) is 5.69 Å². The first-order valence-corrected chi connectivity index (χ1v) is 6.44. The number of halogens is 1. The van der Waals surface area contributed by atoms with E-state index in [0.717, 1.165) is 6.26 Å². The molecule has 0 unspecified atom stereocenters. The second-order valence-corrected chi connectivity index (χ2v) is 5.96. The van der Waals surface area contributed by atoms with Crippen LogP contribution in [-0.4, -0.2) is 25.2 Å². The van der Waals surface area contributed by atoms with Gasteiger partial charge in [0.05, 0.1) is 0 Å². The summed E-state index contributed by atoms with van der Waals surface area (Å²) >= 11 is 5.51. The molecule has 2 N–H and O–H groups in total.